The minimum absolute atomic E-state index is 0.128. The molecule has 0 aromatic heterocycles. The van der Waals surface area contributed by atoms with Crippen LogP contribution in [0, 0.1) is 34.5 Å². The lowest BCUT2D eigenvalue weighted by Crippen LogP contribution is -2.53. The van der Waals surface area contributed by atoms with Crippen LogP contribution in [0.15, 0.2) is 11.6 Å². The third-order valence-corrected chi connectivity index (χ3v) is 9.98. The quantitative estimate of drug-likeness (QED) is 0.691. The molecular weight excluding hydrogens is 344 g/mol. The normalized spacial score (nSPS) is 46.2. The monoisotopic (exact) mass is 386 g/mol. The van der Waals surface area contributed by atoms with E-state index >= 15 is 0 Å². The Labute approximate surface area is 172 Å². The highest BCUT2D eigenvalue weighted by atomic mass is 16.1. The van der Waals surface area contributed by atoms with Gasteiger partial charge in [-0.25, -0.2) is 0 Å². The SMILES string of the molecule is CC(=O)N[C@H]1CC[C@@]2(C)C(=CC[C@H]3[C@@H]4CC[C@H]([C@@H](C)N(C)C)[C@@]4(C)CC[C@@H]32)C1. The van der Waals surface area contributed by atoms with Gasteiger partial charge in [-0.2, -0.15) is 0 Å². The number of allylic oxidation sites excluding steroid dienone is 1. The van der Waals surface area contributed by atoms with Crippen LogP contribution in [-0.2, 0) is 4.79 Å². The zero-order chi connectivity index (χ0) is 20.3. The summed E-state index contributed by atoms with van der Waals surface area (Å²) in [5, 5.41) is 3.19. The van der Waals surface area contributed by atoms with Crippen molar-refractivity contribution >= 4 is 5.91 Å². The van der Waals surface area contributed by atoms with Gasteiger partial charge in [0.25, 0.3) is 0 Å². The predicted octanol–water partition coefficient (Wildman–Crippen LogP) is 5.02. The van der Waals surface area contributed by atoms with Crippen LogP contribution in [-0.4, -0.2) is 37.0 Å². The highest BCUT2D eigenvalue weighted by Gasteiger charge is 2.59. The van der Waals surface area contributed by atoms with Crippen molar-refractivity contribution in [3.63, 3.8) is 0 Å². The summed E-state index contributed by atoms with van der Waals surface area (Å²) in [5.74, 6) is 3.62. The van der Waals surface area contributed by atoms with Gasteiger partial charge in [-0.1, -0.05) is 25.5 Å². The molecule has 0 radical (unpaired) electrons. The molecule has 4 aliphatic rings. The van der Waals surface area contributed by atoms with E-state index in [9.17, 15) is 4.79 Å². The van der Waals surface area contributed by atoms with Gasteiger partial charge in [0.2, 0.25) is 5.91 Å². The number of carbonyl (C=O) groups is 1. The predicted molar refractivity (Wildman–Crippen MR) is 116 cm³/mol. The van der Waals surface area contributed by atoms with Crippen LogP contribution in [0.1, 0.15) is 79.1 Å². The van der Waals surface area contributed by atoms with Crippen molar-refractivity contribution in [1.29, 1.82) is 0 Å². The highest BCUT2D eigenvalue weighted by molar-refractivity contribution is 5.73. The summed E-state index contributed by atoms with van der Waals surface area (Å²) in [6.07, 6.45) is 13.1. The molecule has 8 atom stereocenters. The molecule has 4 aliphatic carbocycles. The molecule has 0 unspecified atom stereocenters. The Kier molecular flexibility index (Phi) is 5.22. The Bertz CT molecular complexity index is 655. The number of nitrogens with zero attached hydrogens (tertiary/aromatic N) is 1. The van der Waals surface area contributed by atoms with Crippen LogP contribution in [0.5, 0.6) is 0 Å². The topological polar surface area (TPSA) is 32.3 Å². The van der Waals surface area contributed by atoms with Gasteiger partial charge in [0.05, 0.1) is 0 Å². The van der Waals surface area contributed by atoms with Gasteiger partial charge in [0.1, 0.15) is 0 Å². The fourth-order valence-electron chi connectivity index (χ4n) is 8.26. The van der Waals surface area contributed by atoms with E-state index in [0.29, 0.717) is 22.9 Å². The summed E-state index contributed by atoms with van der Waals surface area (Å²) in [7, 11) is 4.52. The molecule has 1 amide bonds. The molecule has 28 heavy (non-hydrogen) atoms. The van der Waals surface area contributed by atoms with Gasteiger partial charge >= 0.3 is 0 Å². The van der Waals surface area contributed by atoms with Crippen LogP contribution < -0.4 is 5.32 Å². The van der Waals surface area contributed by atoms with E-state index < -0.39 is 0 Å². The molecule has 3 nitrogen and oxygen atoms in total. The van der Waals surface area contributed by atoms with Crippen molar-refractivity contribution in [3.05, 3.63) is 11.6 Å². The minimum atomic E-state index is 0.128. The highest BCUT2D eigenvalue weighted by Crippen LogP contribution is 2.66. The second-order valence-electron chi connectivity index (χ2n) is 11.3. The van der Waals surface area contributed by atoms with Crippen molar-refractivity contribution in [1.82, 2.24) is 10.2 Å². The molecule has 0 heterocycles. The minimum Gasteiger partial charge on any atom is -0.353 e. The number of carbonyl (C=O) groups excluding carboxylic acids is 1. The van der Waals surface area contributed by atoms with Gasteiger partial charge < -0.3 is 10.2 Å². The fraction of sp³-hybridized carbons (Fsp3) is 0.880. The Morgan fingerprint density at radius 3 is 2.57 bits per heavy atom. The van der Waals surface area contributed by atoms with Gasteiger partial charge in [0.15, 0.2) is 0 Å². The Balaban J connectivity index is 1.56. The summed E-state index contributed by atoms with van der Waals surface area (Å²) in [6.45, 7) is 9.32. The van der Waals surface area contributed by atoms with Crippen LogP contribution >= 0.6 is 0 Å². The summed E-state index contributed by atoms with van der Waals surface area (Å²) in [6, 6.07) is 1.05. The molecule has 0 saturated heterocycles. The Morgan fingerprint density at radius 2 is 1.89 bits per heavy atom. The van der Waals surface area contributed by atoms with Crippen molar-refractivity contribution in [2.45, 2.75) is 91.1 Å². The number of nitrogens with one attached hydrogen (secondary N) is 1. The Morgan fingerprint density at radius 1 is 1.14 bits per heavy atom. The molecule has 3 heteroatoms. The van der Waals surface area contributed by atoms with Crippen LogP contribution in [0.4, 0.5) is 0 Å². The fourth-order valence-corrected chi connectivity index (χ4v) is 8.26. The Hall–Kier alpha value is -0.830. The first-order valence-corrected chi connectivity index (χ1v) is 11.8. The maximum atomic E-state index is 11.5. The van der Waals surface area contributed by atoms with Crippen molar-refractivity contribution in [3.8, 4) is 0 Å². The molecule has 4 rings (SSSR count). The van der Waals surface area contributed by atoms with E-state index in [1.807, 2.05) is 0 Å². The molecule has 1 N–H and O–H groups in total. The second-order valence-corrected chi connectivity index (χ2v) is 11.3. The maximum absolute atomic E-state index is 11.5. The van der Waals surface area contributed by atoms with Crippen LogP contribution in [0.3, 0.4) is 0 Å². The number of rotatable bonds is 3. The summed E-state index contributed by atoms with van der Waals surface area (Å²) in [4.78, 5) is 14.0. The summed E-state index contributed by atoms with van der Waals surface area (Å²) in [5.41, 5.74) is 2.57. The zero-order valence-corrected chi connectivity index (χ0v) is 19.1. The molecule has 0 aliphatic heterocycles. The largest absolute Gasteiger partial charge is 0.353 e. The number of hydrogen-bond donors (Lipinski definition) is 1. The van der Waals surface area contributed by atoms with Crippen molar-refractivity contribution in [2.24, 2.45) is 34.5 Å². The van der Waals surface area contributed by atoms with E-state index in [4.69, 9.17) is 0 Å². The van der Waals surface area contributed by atoms with Gasteiger partial charge in [-0.3, -0.25) is 4.79 Å². The second kappa shape index (κ2) is 7.15. The smallest absolute Gasteiger partial charge is 0.217 e. The summed E-state index contributed by atoms with van der Waals surface area (Å²) < 4.78 is 0. The zero-order valence-electron chi connectivity index (χ0n) is 19.1. The van der Waals surface area contributed by atoms with Gasteiger partial charge in [0, 0.05) is 19.0 Å². The molecule has 0 aromatic carbocycles. The molecular formula is C25H42N2O. The molecule has 158 valence electrons. The lowest BCUT2D eigenvalue weighted by atomic mass is 9.47. The molecule has 0 aromatic rings. The van der Waals surface area contributed by atoms with Crippen molar-refractivity contribution in [2.75, 3.05) is 14.1 Å². The van der Waals surface area contributed by atoms with E-state index in [1.54, 1.807) is 12.5 Å². The van der Waals surface area contributed by atoms with Gasteiger partial charge in [-0.05, 0) is 107 Å². The van der Waals surface area contributed by atoms with Gasteiger partial charge in [-0.15, -0.1) is 0 Å². The van der Waals surface area contributed by atoms with E-state index in [2.05, 4.69) is 51.2 Å². The average molecular weight is 387 g/mol. The molecule has 0 bridgehead atoms. The third kappa shape index (κ3) is 3.07. The number of hydrogen-bond acceptors (Lipinski definition) is 2. The maximum Gasteiger partial charge on any atom is 0.217 e. The van der Waals surface area contributed by atoms with E-state index in [1.165, 1.54) is 38.5 Å². The van der Waals surface area contributed by atoms with Crippen LogP contribution in [0.25, 0.3) is 0 Å². The van der Waals surface area contributed by atoms with E-state index in [-0.39, 0.29) is 5.91 Å². The number of fused-ring (bicyclic) bond motifs is 5. The van der Waals surface area contributed by atoms with E-state index in [0.717, 1.165) is 36.5 Å². The number of amides is 1. The third-order valence-electron chi connectivity index (χ3n) is 9.98. The standard InChI is InChI=1S/C25H42N2O/c1-16(27(5)6)21-9-10-22-20-8-7-18-15-19(26-17(2)28)11-13-24(18,3)23(20)12-14-25(21,22)4/h7,16,19-23H,8-15H2,1-6H3,(H,26,28)/t16-,19+,20+,21-,22+,23+,24+,25-/m1/s1. The molecule has 3 saturated carbocycles. The first kappa shape index (κ1) is 20.4. The first-order chi connectivity index (χ1) is 13.2. The lowest BCUT2D eigenvalue weighted by Gasteiger charge is -2.58. The average Bonchev–Trinajstić information content (AvgIpc) is 2.98. The van der Waals surface area contributed by atoms with Crippen molar-refractivity contribution < 1.29 is 4.79 Å². The van der Waals surface area contributed by atoms with Crippen LogP contribution in [0.2, 0.25) is 0 Å². The summed E-state index contributed by atoms with van der Waals surface area (Å²) >= 11 is 0. The molecule has 0 spiro atoms. The molecule has 3 fully saturated rings. The lowest BCUT2D eigenvalue weighted by molar-refractivity contribution is -0.120. The first-order valence-electron chi connectivity index (χ1n) is 11.8.